The quantitative estimate of drug-likeness (QED) is 0.696. The molecular weight excluding hydrogens is 164 g/mol. The maximum atomic E-state index is 11.6. The van der Waals surface area contributed by atoms with Crippen molar-refractivity contribution in [3.8, 4) is 0 Å². The Bertz CT molecular complexity index is 176. The lowest BCUT2D eigenvalue weighted by Gasteiger charge is -2.23. The molecule has 3 nitrogen and oxygen atoms in total. The van der Waals surface area contributed by atoms with Gasteiger partial charge in [-0.1, -0.05) is 13.3 Å². The van der Waals surface area contributed by atoms with Crippen LogP contribution < -0.4 is 5.73 Å². The first kappa shape index (κ1) is 10.5. The Labute approximate surface area is 80.3 Å². The number of carbonyl (C=O) groups excluding carboxylic acids is 1. The first-order valence-electron chi connectivity index (χ1n) is 5.23. The van der Waals surface area contributed by atoms with Crippen LogP contribution in [0.5, 0.6) is 0 Å². The van der Waals surface area contributed by atoms with Crippen LogP contribution in [0.15, 0.2) is 0 Å². The van der Waals surface area contributed by atoms with Gasteiger partial charge in [-0.15, -0.1) is 0 Å². The lowest BCUT2D eigenvalue weighted by atomic mass is 10.2. The van der Waals surface area contributed by atoms with E-state index in [-0.39, 0.29) is 11.9 Å². The van der Waals surface area contributed by atoms with Gasteiger partial charge < -0.3 is 10.6 Å². The van der Waals surface area contributed by atoms with E-state index in [0.29, 0.717) is 6.04 Å². The summed E-state index contributed by atoms with van der Waals surface area (Å²) in [5.41, 5.74) is 5.58. The lowest BCUT2D eigenvalue weighted by Crippen LogP contribution is -2.43. The smallest absolute Gasteiger partial charge is 0.239 e. The standard InChI is InChI=1S/C10H20N2O/c1-3-4-7-12(9-5-6-9)10(13)8(2)11/h8-9H,3-7,11H2,1-2H3/t8-/m0/s1. The highest BCUT2D eigenvalue weighted by atomic mass is 16.2. The minimum atomic E-state index is -0.336. The van der Waals surface area contributed by atoms with E-state index in [2.05, 4.69) is 6.92 Å². The SMILES string of the molecule is CCCCN(C(=O)[C@H](C)N)C1CC1. The van der Waals surface area contributed by atoms with Gasteiger partial charge in [0.05, 0.1) is 6.04 Å². The van der Waals surface area contributed by atoms with Crippen molar-refractivity contribution in [3.05, 3.63) is 0 Å². The molecule has 1 atom stereocenters. The third-order valence-electron chi connectivity index (χ3n) is 2.41. The Kier molecular flexibility index (Phi) is 3.72. The Balaban J connectivity index is 2.41. The zero-order chi connectivity index (χ0) is 9.84. The second-order valence-corrected chi connectivity index (χ2v) is 3.91. The summed E-state index contributed by atoms with van der Waals surface area (Å²) in [7, 11) is 0. The van der Waals surface area contributed by atoms with Gasteiger partial charge in [0.1, 0.15) is 0 Å². The molecule has 0 saturated heterocycles. The van der Waals surface area contributed by atoms with E-state index < -0.39 is 0 Å². The van der Waals surface area contributed by atoms with Crippen LogP contribution in [-0.4, -0.2) is 29.4 Å². The molecule has 0 unspecified atom stereocenters. The summed E-state index contributed by atoms with van der Waals surface area (Å²) in [6.45, 7) is 4.80. The number of hydrogen-bond donors (Lipinski definition) is 1. The van der Waals surface area contributed by atoms with Gasteiger partial charge >= 0.3 is 0 Å². The molecule has 1 fully saturated rings. The van der Waals surface area contributed by atoms with Gasteiger partial charge in [-0.2, -0.15) is 0 Å². The summed E-state index contributed by atoms with van der Waals surface area (Å²) in [6, 6.07) is 0.169. The molecule has 0 aromatic carbocycles. The molecule has 1 aliphatic rings. The summed E-state index contributed by atoms with van der Waals surface area (Å²) in [5.74, 6) is 0.121. The van der Waals surface area contributed by atoms with Gasteiger partial charge in [0.2, 0.25) is 5.91 Å². The maximum Gasteiger partial charge on any atom is 0.239 e. The minimum absolute atomic E-state index is 0.121. The highest BCUT2D eigenvalue weighted by Gasteiger charge is 2.32. The number of nitrogens with zero attached hydrogens (tertiary/aromatic N) is 1. The summed E-state index contributed by atoms with van der Waals surface area (Å²) < 4.78 is 0. The average molecular weight is 184 g/mol. The molecule has 1 rings (SSSR count). The Morgan fingerprint density at radius 3 is 2.62 bits per heavy atom. The van der Waals surface area contributed by atoms with Gasteiger partial charge in [0.25, 0.3) is 0 Å². The van der Waals surface area contributed by atoms with Gasteiger partial charge in [-0.25, -0.2) is 0 Å². The first-order chi connectivity index (χ1) is 6.16. The summed E-state index contributed by atoms with van der Waals surface area (Å²) >= 11 is 0. The number of rotatable bonds is 5. The molecule has 0 bridgehead atoms. The van der Waals surface area contributed by atoms with Crippen LogP contribution in [-0.2, 0) is 4.79 Å². The first-order valence-corrected chi connectivity index (χ1v) is 5.23. The fourth-order valence-corrected chi connectivity index (χ4v) is 1.45. The van der Waals surface area contributed by atoms with E-state index in [1.165, 1.54) is 12.8 Å². The van der Waals surface area contributed by atoms with E-state index in [4.69, 9.17) is 5.73 Å². The number of unbranched alkanes of at least 4 members (excludes halogenated alkanes) is 1. The van der Waals surface area contributed by atoms with Crippen LogP contribution in [0.2, 0.25) is 0 Å². The Morgan fingerprint density at radius 1 is 1.62 bits per heavy atom. The van der Waals surface area contributed by atoms with Crippen molar-refractivity contribution in [2.45, 2.75) is 51.6 Å². The van der Waals surface area contributed by atoms with Crippen molar-refractivity contribution in [2.24, 2.45) is 5.73 Å². The van der Waals surface area contributed by atoms with Crippen LogP contribution in [0.25, 0.3) is 0 Å². The zero-order valence-electron chi connectivity index (χ0n) is 8.62. The van der Waals surface area contributed by atoms with Crippen LogP contribution in [0.4, 0.5) is 0 Å². The topological polar surface area (TPSA) is 46.3 Å². The van der Waals surface area contributed by atoms with Crippen LogP contribution in [0, 0.1) is 0 Å². The normalized spacial score (nSPS) is 18.4. The lowest BCUT2D eigenvalue weighted by molar-refractivity contribution is -0.132. The molecule has 0 aromatic heterocycles. The molecule has 2 N–H and O–H groups in total. The van der Waals surface area contributed by atoms with E-state index in [1.807, 2.05) is 4.90 Å². The van der Waals surface area contributed by atoms with Gasteiger partial charge in [0, 0.05) is 12.6 Å². The van der Waals surface area contributed by atoms with Crippen molar-refractivity contribution >= 4 is 5.91 Å². The zero-order valence-corrected chi connectivity index (χ0v) is 8.62. The monoisotopic (exact) mass is 184 g/mol. The summed E-state index contributed by atoms with van der Waals surface area (Å²) in [5, 5.41) is 0. The van der Waals surface area contributed by atoms with Crippen molar-refractivity contribution in [2.75, 3.05) is 6.54 Å². The molecule has 1 aliphatic carbocycles. The number of amides is 1. The van der Waals surface area contributed by atoms with Gasteiger partial charge in [0.15, 0.2) is 0 Å². The molecule has 0 aliphatic heterocycles. The third kappa shape index (κ3) is 2.99. The van der Waals surface area contributed by atoms with Crippen molar-refractivity contribution in [1.82, 2.24) is 4.90 Å². The predicted molar refractivity (Wildman–Crippen MR) is 53.3 cm³/mol. The van der Waals surface area contributed by atoms with Crippen molar-refractivity contribution < 1.29 is 4.79 Å². The minimum Gasteiger partial charge on any atom is -0.338 e. The number of carbonyl (C=O) groups is 1. The fourth-order valence-electron chi connectivity index (χ4n) is 1.45. The largest absolute Gasteiger partial charge is 0.338 e. The van der Waals surface area contributed by atoms with Crippen LogP contribution in [0.3, 0.4) is 0 Å². The van der Waals surface area contributed by atoms with Gasteiger partial charge in [-0.05, 0) is 26.2 Å². The van der Waals surface area contributed by atoms with E-state index in [0.717, 1.165) is 19.4 Å². The predicted octanol–water partition coefficient (Wildman–Crippen LogP) is 1.12. The summed E-state index contributed by atoms with van der Waals surface area (Å²) in [6.07, 6.45) is 4.56. The molecule has 13 heavy (non-hydrogen) atoms. The van der Waals surface area contributed by atoms with E-state index >= 15 is 0 Å². The molecule has 76 valence electrons. The fraction of sp³-hybridized carbons (Fsp3) is 0.900. The molecule has 0 aromatic rings. The van der Waals surface area contributed by atoms with Crippen molar-refractivity contribution in [1.29, 1.82) is 0 Å². The van der Waals surface area contributed by atoms with Crippen LogP contribution in [0.1, 0.15) is 39.5 Å². The molecule has 0 spiro atoms. The molecule has 0 radical (unpaired) electrons. The Morgan fingerprint density at radius 2 is 2.23 bits per heavy atom. The van der Waals surface area contributed by atoms with E-state index in [1.54, 1.807) is 6.92 Å². The second-order valence-electron chi connectivity index (χ2n) is 3.91. The average Bonchev–Trinajstić information content (AvgIpc) is 2.88. The third-order valence-corrected chi connectivity index (χ3v) is 2.41. The molecule has 0 heterocycles. The highest BCUT2D eigenvalue weighted by molar-refractivity contribution is 5.81. The van der Waals surface area contributed by atoms with E-state index in [9.17, 15) is 4.79 Å². The van der Waals surface area contributed by atoms with Crippen LogP contribution >= 0.6 is 0 Å². The number of hydrogen-bond acceptors (Lipinski definition) is 2. The second kappa shape index (κ2) is 4.61. The van der Waals surface area contributed by atoms with Crippen molar-refractivity contribution in [3.63, 3.8) is 0 Å². The highest BCUT2D eigenvalue weighted by Crippen LogP contribution is 2.27. The van der Waals surface area contributed by atoms with Gasteiger partial charge in [-0.3, -0.25) is 4.79 Å². The molecule has 1 saturated carbocycles. The molecular formula is C10H20N2O. The Hall–Kier alpha value is -0.570. The molecule has 1 amide bonds. The maximum absolute atomic E-state index is 11.6. The molecule has 3 heteroatoms. The summed E-state index contributed by atoms with van der Waals surface area (Å²) in [4.78, 5) is 13.6. The number of nitrogens with two attached hydrogens (primary N) is 1.